The molecular weight excluding hydrogens is 263 g/mol. The fraction of sp³-hybridized carbons (Fsp3) is 0.111. The number of halogens is 4. The molecule has 0 unspecified atom stereocenters. The molecule has 1 amide bonds. The topological polar surface area (TPSA) is 66.4 Å². The van der Waals surface area contributed by atoms with Crippen molar-refractivity contribution < 1.29 is 27.9 Å². The highest BCUT2D eigenvalue weighted by molar-refractivity contribution is 6.39. The van der Waals surface area contributed by atoms with E-state index in [0.29, 0.717) is 6.07 Å². The van der Waals surface area contributed by atoms with Gasteiger partial charge in [-0.2, -0.15) is 13.2 Å². The van der Waals surface area contributed by atoms with Crippen molar-refractivity contribution in [2.75, 3.05) is 5.32 Å². The van der Waals surface area contributed by atoms with Gasteiger partial charge in [-0.3, -0.25) is 4.79 Å². The molecule has 0 spiro atoms. The molecule has 0 aromatic heterocycles. The molecule has 1 aromatic carbocycles. The first-order valence-corrected chi connectivity index (χ1v) is 4.51. The summed E-state index contributed by atoms with van der Waals surface area (Å²) in [5, 5.41) is 9.49. The van der Waals surface area contributed by atoms with Crippen molar-refractivity contribution in [3.8, 4) is 0 Å². The van der Waals surface area contributed by atoms with Crippen LogP contribution in [0.1, 0.15) is 5.56 Å². The number of aliphatic carboxylic acids is 1. The van der Waals surface area contributed by atoms with Crippen molar-refractivity contribution >= 4 is 29.2 Å². The van der Waals surface area contributed by atoms with Gasteiger partial charge in [-0.25, -0.2) is 4.79 Å². The van der Waals surface area contributed by atoms with Gasteiger partial charge in [0.25, 0.3) is 0 Å². The number of hydrogen-bond acceptors (Lipinski definition) is 2. The van der Waals surface area contributed by atoms with Crippen LogP contribution in [0.5, 0.6) is 0 Å². The van der Waals surface area contributed by atoms with Crippen molar-refractivity contribution in [2.24, 2.45) is 0 Å². The molecule has 1 aromatic rings. The zero-order valence-corrected chi connectivity index (χ0v) is 8.76. The van der Waals surface area contributed by atoms with E-state index < -0.39 is 34.3 Å². The second kappa shape index (κ2) is 4.62. The molecule has 0 aliphatic rings. The number of amides is 1. The van der Waals surface area contributed by atoms with Crippen molar-refractivity contribution in [3.63, 3.8) is 0 Å². The van der Waals surface area contributed by atoms with Crippen LogP contribution in [0.3, 0.4) is 0 Å². The van der Waals surface area contributed by atoms with Gasteiger partial charge in [-0.05, 0) is 12.1 Å². The van der Waals surface area contributed by atoms with Crippen LogP contribution in [-0.2, 0) is 15.8 Å². The number of carboxylic acid groups (broad SMARTS) is 1. The van der Waals surface area contributed by atoms with Gasteiger partial charge in [-0.1, -0.05) is 17.7 Å². The number of alkyl halides is 3. The summed E-state index contributed by atoms with van der Waals surface area (Å²) in [7, 11) is 0. The molecule has 0 fully saturated rings. The monoisotopic (exact) mass is 267 g/mol. The molecule has 0 atom stereocenters. The molecule has 17 heavy (non-hydrogen) atoms. The third-order valence-electron chi connectivity index (χ3n) is 1.75. The summed E-state index contributed by atoms with van der Waals surface area (Å²) in [4.78, 5) is 21.0. The first-order valence-electron chi connectivity index (χ1n) is 4.13. The molecule has 2 N–H and O–H groups in total. The van der Waals surface area contributed by atoms with Crippen LogP contribution in [0.2, 0.25) is 5.02 Å². The normalized spacial score (nSPS) is 11.1. The summed E-state index contributed by atoms with van der Waals surface area (Å²) in [6.07, 6.45) is -4.74. The number of hydrogen-bond donors (Lipinski definition) is 2. The second-order valence-electron chi connectivity index (χ2n) is 2.92. The predicted molar refractivity (Wildman–Crippen MR) is 52.7 cm³/mol. The number of rotatable bonds is 1. The van der Waals surface area contributed by atoms with Crippen LogP contribution >= 0.6 is 11.6 Å². The number of nitrogens with one attached hydrogen (secondary N) is 1. The minimum absolute atomic E-state index is 0.394. The molecule has 92 valence electrons. The summed E-state index contributed by atoms with van der Waals surface area (Å²) in [5.74, 6) is -3.50. The fourth-order valence-corrected chi connectivity index (χ4v) is 1.28. The van der Waals surface area contributed by atoms with E-state index in [-0.39, 0.29) is 0 Å². The zero-order valence-electron chi connectivity index (χ0n) is 8.01. The highest BCUT2D eigenvalue weighted by atomic mass is 35.5. The lowest BCUT2D eigenvalue weighted by atomic mass is 10.1. The summed E-state index contributed by atoms with van der Waals surface area (Å²) < 4.78 is 37.6. The van der Waals surface area contributed by atoms with E-state index in [1.807, 2.05) is 0 Å². The Morgan fingerprint density at radius 1 is 1.29 bits per heavy atom. The van der Waals surface area contributed by atoms with Gasteiger partial charge in [0.05, 0.1) is 16.3 Å². The quantitative estimate of drug-likeness (QED) is 0.768. The van der Waals surface area contributed by atoms with Crippen molar-refractivity contribution in [3.05, 3.63) is 28.8 Å². The van der Waals surface area contributed by atoms with Crippen LogP contribution in [0.15, 0.2) is 18.2 Å². The molecule has 1 rings (SSSR count). The summed E-state index contributed by atoms with van der Waals surface area (Å²) in [6.45, 7) is 0. The lowest BCUT2D eigenvalue weighted by Crippen LogP contribution is -2.24. The van der Waals surface area contributed by atoms with E-state index in [2.05, 4.69) is 0 Å². The Balaban J connectivity index is 3.22. The number of carbonyl (C=O) groups excluding carboxylic acids is 1. The van der Waals surface area contributed by atoms with E-state index in [1.165, 1.54) is 0 Å². The fourth-order valence-electron chi connectivity index (χ4n) is 1.05. The van der Waals surface area contributed by atoms with Gasteiger partial charge in [0.1, 0.15) is 0 Å². The van der Waals surface area contributed by atoms with Gasteiger partial charge in [0, 0.05) is 0 Å². The maximum Gasteiger partial charge on any atom is 0.418 e. The Bertz CT molecular complexity index is 473. The van der Waals surface area contributed by atoms with Crippen LogP contribution in [0.25, 0.3) is 0 Å². The predicted octanol–water partition coefficient (Wildman–Crippen LogP) is 2.38. The minimum Gasteiger partial charge on any atom is -0.474 e. The number of carbonyl (C=O) groups is 2. The summed E-state index contributed by atoms with van der Waals surface area (Å²) in [5.41, 5.74) is -1.98. The molecule has 0 aliphatic heterocycles. The molecular formula is C9H5ClF3NO3. The Hall–Kier alpha value is -1.76. The molecule has 0 heterocycles. The standard InChI is InChI=1S/C9H5ClF3NO3/c10-5-3-1-2-4(9(11,12)13)6(5)14-7(15)8(16)17/h1-3H,(H,14,15)(H,16,17). The lowest BCUT2D eigenvalue weighted by Gasteiger charge is -2.13. The number of para-hydroxylation sites is 1. The van der Waals surface area contributed by atoms with E-state index >= 15 is 0 Å². The third kappa shape index (κ3) is 3.10. The Kier molecular flexibility index (Phi) is 3.62. The number of benzene rings is 1. The van der Waals surface area contributed by atoms with Crippen molar-refractivity contribution in [2.45, 2.75) is 6.18 Å². The van der Waals surface area contributed by atoms with E-state index in [1.54, 1.807) is 5.32 Å². The zero-order chi connectivity index (χ0) is 13.2. The van der Waals surface area contributed by atoms with Gasteiger partial charge in [0.2, 0.25) is 0 Å². The molecule has 8 heteroatoms. The molecule has 0 aliphatic carbocycles. The van der Waals surface area contributed by atoms with Gasteiger partial charge in [0.15, 0.2) is 0 Å². The minimum atomic E-state index is -4.74. The SMILES string of the molecule is O=C(O)C(=O)Nc1c(Cl)cccc1C(F)(F)F. The molecule has 0 bridgehead atoms. The first kappa shape index (κ1) is 13.3. The number of carboxylic acids is 1. The highest BCUT2D eigenvalue weighted by Crippen LogP contribution is 2.38. The smallest absolute Gasteiger partial charge is 0.418 e. The highest BCUT2D eigenvalue weighted by Gasteiger charge is 2.35. The average Bonchev–Trinajstić information content (AvgIpc) is 2.18. The van der Waals surface area contributed by atoms with Gasteiger partial charge < -0.3 is 10.4 Å². The van der Waals surface area contributed by atoms with Gasteiger partial charge in [-0.15, -0.1) is 0 Å². The molecule has 0 radical (unpaired) electrons. The second-order valence-corrected chi connectivity index (χ2v) is 3.33. The Labute approximate surface area is 98.0 Å². The number of anilines is 1. The van der Waals surface area contributed by atoms with Crippen LogP contribution in [0.4, 0.5) is 18.9 Å². The van der Waals surface area contributed by atoms with Crippen molar-refractivity contribution in [1.29, 1.82) is 0 Å². The molecule has 0 saturated heterocycles. The maximum absolute atomic E-state index is 12.5. The van der Waals surface area contributed by atoms with E-state index in [9.17, 15) is 22.8 Å². The first-order chi connectivity index (χ1) is 7.73. The van der Waals surface area contributed by atoms with Gasteiger partial charge >= 0.3 is 18.1 Å². The summed E-state index contributed by atoms with van der Waals surface area (Å²) >= 11 is 5.48. The van der Waals surface area contributed by atoms with Crippen LogP contribution in [0, 0.1) is 0 Å². The maximum atomic E-state index is 12.5. The Morgan fingerprint density at radius 2 is 1.88 bits per heavy atom. The van der Waals surface area contributed by atoms with Crippen LogP contribution < -0.4 is 5.32 Å². The lowest BCUT2D eigenvalue weighted by molar-refractivity contribution is -0.147. The molecule has 4 nitrogen and oxygen atoms in total. The summed E-state index contributed by atoms with van der Waals surface area (Å²) in [6, 6.07) is 2.83. The molecule has 0 saturated carbocycles. The largest absolute Gasteiger partial charge is 0.474 e. The van der Waals surface area contributed by atoms with E-state index in [0.717, 1.165) is 12.1 Å². The average molecular weight is 268 g/mol. The van der Waals surface area contributed by atoms with Crippen molar-refractivity contribution in [1.82, 2.24) is 0 Å². The van der Waals surface area contributed by atoms with Crippen LogP contribution in [-0.4, -0.2) is 17.0 Å². The Morgan fingerprint density at radius 3 is 2.35 bits per heavy atom. The van der Waals surface area contributed by atoms with E-state index in [4.69, 9.17) is 16.7 Å². The third-order valence-corrected chi connectivity index (χ3v) is 2.07.